The lowest BCUT2D eigenvalue weighted by molar-refractivity contribution is 0.0736. The summed E-state index contributed by atoms with van der Waals surface area (Å²) in [6.45, 7) is 2.54. The standard InChI is InChI=1S/C14H15FN2O2S/c1-2-17(7-8-18)14(19)12-9-16-13(20-12)10-5-3-4-6-11(10)15/h3-6,9,18H,2,7-8H2,1H3. The van der Waals surface area contributed by atoms with Crippen LogP contribution in [0, 0.1) is 5.82 Å². The number of hydrogen-bond acceptors (Lipinski definition) is 4. The summed E-state index contributed by atoms with van der Waals surface area (Å²) in [4.78, 5) is 18.3. The van der Waals surface area contributed by atoms with Gasteiger partial charge in [0.1, 0.15) is 15.7 Å². The number of carbonyl (C=O) groups excluding carboxylic acids is 1. The van der Waals surface area contributed by atoms with Crippen molar-refractivity contribution in [2.24, 2.45) is 0 Å². The fourth-order valence-electron chi connectivity index (χ4n) is 1.81. The lowest BCUT2D eigenvalue weighted by Gasteiger charge is -2.18. The van der Waals surface area contributed by atoms with Gasteiger partial charge in [-0.3, -0.25) is 4.79 Å². The Labute approximate surface area is 120 Å². The zero-order valence-corrected chi connectivity index (χ0v) is 11.9. The number of nitrogens with zero attached hydrogens (tertiary/aromatic N) is 2. The highest BCUT2D eigenvalue weighted by Crippen LogP contribution is 2.27. The molecule has 20 heavy (non-hydrogen) atoms. The maximum absolute atomic E-state index is 13.7. The van der Waals surface area contributed by atoms with E-state index < -0.39 is 0 Å². The van der Waals surface area contributed by atoms with E-state index in [1.165, 1.54) is 17.2 Å². The summed E-state index contributed by atoms with van der Waals surface area (Å²) < 4.78 is 13.7. The van der Waals surface area contributed by atoms with E-state index in [-0.39, 0.29) is 24.9 Å². The summed E-state index contributed by atoms with van der Waals surface area (Å²) in [6, 6.07) is 6.33. The van der Waals surface area contributed by atoms with Crippen LogP contribution in [0.25, 0.3) is 10.6 Å². The molecule has 2 rings (SSSR count). The largest absolute Gasteiger partial charge is 0.395 e. The highest BCUT2D eigenvalue weighted by Gasteiger charge is 2.18. The van der Waals surface area contributed by atoms with E-state index in [0.717, 1.165) is 11.3 Å². The van der Waals surface area contributed by atoms with Crippen molar-refractivity contribution in [2.75, 3.05) is 19.7 Å². The van der Waals surface area contributed by atoms with Gasteiger partial charge >= 0.3 is 0 Å². The van der Waals surface area contributed by atoms with Crippen LogP contribution in [0.5, 0.6) is 0 Å². The second-order valence-corrected chi connectivity index (χ2v) is 5.15. The Balaban J connectivity index is 2.25. The second-order valence-electron chi connectivity index (χ2n) is 4.12. The highest BCUT2D eigenvalue weighted by atomic mass is 32.1. The Hall–Kier alpha value is -1.79. The Morgan fingerprint density at radius 3 is 2.85 bits per heavy atom. The first-order chi connectivity index (χ1) is 9.67. The van der Waals surface area contributed by atoms with Crippen LogP contribution >= 0.6 is 11.3 Å². The van der Waals surface area contributed by atoms with Crippen LogP contribution < -0.4 is 0 Å². The van der Waals surface area contributed by atoms with Crippen molar-refractivity contribution in [1.29, 1.82) is 0 Å². The fraction of sp³-hybridized carbons (Fsp3) is 0.286. The zero-order valence-electron chi connectivity index (χ0n) is 11.0. The second kappa shape index (κ2) is 6.58. The first-order valence-corrected chi connectivity index (χ1v) is 7.10. The molecule has 0 radical (unpaired) electrons. The number of thiazole rings is 1. The molecule has 0 saturated heterocycles. The Morgan fingerprint density at radius 1 is 1.45 bits per heavy atom. The topological polar surface area (TPSA) is 53.4 Å². The predicted octanol–water partition coefficient (Wildman–Crippen LogP) is 2.40. The molecule has 0 aliphatic rings. The summed E-state index contributed by atoms with van der Waals surface area (Å²) in [5.41, 5.74) is 0.391. The van der Waals surface area contributed by atoms with E-state index in [1.54, 1.807) is 18.2 Å². The number of aliphatic hydroxyl groups is 1. The fourth-order valence-corrected chi connectivity index (χ4v) is 2.72. The van der Waals surface area contributed by atoms with E-state index >= 15 is 0 Å². The van der Waals surface area contributed by atoms with Gasteiger partial charge in [0.25, 0.3) is 5.91 Å². The molecule has 1 aromatic carbocycles. The molecular weight excluding hydrogens is 279 g/mol. The number of aromatic nitrogens is 1. The monoisotopic (exact) mass is 294 g/mol. The molecule has 0 unspecified atom stereocenters. The van der Waals surface area contributed by atoms with Crippen molar-refractivity contribution in [2.45, 2.75) is 6.92 Å². The van der Waals surface area contributed by atoms with Crippen molar-refractivity contribution in [3.05, 3.63) is 41.2 Å². The Bertz CT molecular complexity index is 600. The first kappa shape index (κ1) is 14.6. The van der Waals surface area contributed by atoms with E-state index in [4.69, 9.17) is 5.11 Å². The van der Waals surface area contributed by atoms with E-state index in [1.807, 2.05) is 6.92 Å². The number of likely N-dealkylation sites (N-methyl/N-ethyl adjacent to an activating group) is 1. The molecular formula is C14H15FN2O2S. The van der Waals surface area contributed by atoms with Crippen molar-refractivity contribution in [3.63, 3.8) is 0 Å². The molecule has 1 heterocycles. The molecule has 0 bridgehead atoms. The molecule has 1 aromatic heterocycles. The van der Waals surface area contributed by atoms with Gasteiger partial charge < -0.3 is 10.0 Å². The average Bonchev–Trinajstić information content (AvgIpc) is 2.94. The molecule has 0 aliphatic carbocycles. The highest BCUT2D eigenvalue weighted by molar-refractivity contribution is 7.16. The minimum absolute atomic E-state index is 0.0848. The third-order valence-corrected chi connectivity index (χ3v) is 3.88. The quantitative estimate of drug-likeness (QED) is 0.921. The summed E-state index contributed by atoms with van der Waals surface area (Å²) in [5, 5.41) is 9.41. The van der Waals surface area contributed by atoms with Gasteiger partial charge in [-0.05, 0) is 19.1 Å². The number of carbonyl (C=O) groups is 1. The molecule has 0 saturated carbocycles. The summed E-state index contributed by atoms with van der Waals surface area (Å²) in [5.74, 6) is -0.551. The molecule has 0 spiro atoms. The van der Waals surface area contributed by atoms with Crippen LogP contribution in [-0.2, 0) is 0 Å². The van der Waals surface area contributed by atoms with E-state index in [2.05, 4.69) is 4.98 Å². The normalized spacial score (nSPS) is 10.6. The van der Waals surface area contributed by atoms with Crippen LogP contribution in [0.1, 0.15) is 16.6 Å². The van der Waals surface area contributed by atoms with Gasteiger partial charge in [0, 0.05) is 18.7 Å². The van der Waals surface area contributed by atoms with Crippen LogP contribution in [-0.4, -0.2) is 40.6 Å². The van der Waals surface area contributed by atoms with Crippen molar-refractivity contribution >= 4 is 17.2 Å². The van der Waals surface area contributed by atoms with Gasteiger partial charge in [-0.1, -0.05) is 12.1 Å². The lowest BCUT2D eigenvalue weighted by atomic mass is 10.2. The molecule has 4 nitrogen and oxygen atoms in total. The maximum Gasteiger partial charge on any atom is 0.265 e. The molecule has 1 N–H and O–H groups in total. The number of rotatable bonds is 5. The van der Waals surface area contributed by atoms with Gasteiger partial charge in [-0.15, -0.1) is 11.3 Å². The van der Waals surface area contributed by atoms with Crippen molar-refractivity contribution in [1.82, 2.24) is 9.88 Å². The minimum Gasteiger partial charge on any atom is -0.395 e. The third kappa shape index (κ3) is 3.02. The molecule has 0 fully saturated rings. The molecule has 6 heteroatoms. The molecule has 0 aliphatic heterocycles. The van der Waals surface area contributed by atoms with Gasteiger partial charge in [0.2, 0.25) is 0 Å². The van der Waals surface area contributed by atoms with Crippen molar-refractivity contribution in [3.8, 4) is 10.6 Å². The average molecular weight is 294 g/mol. The van der Waals surface area contributed by atoms with Gasteiger partial charge in [0.05, 0.1) is 12.8 Å². The number of halogens is 1. The van der Waals surface area contributed by atoms with Gasteiger partial charge in [0.15, 0.2) is 0 Å². The van der Waals surface area contributed by atoms with Gasteiger partial charge in [-0.2, -0.15) is 0 Å². The molecule has 106 valence electrons. The third-order valence-electron chi connectivity index (χ3n) is 2.86. The van der Waals surface area contributed by atoms with Crippen LogP contribution in [0.15, 0.2) is 30.5 Å². The summed E-state index contributed by atoms with van der Waals surface area (Å²) in [7, 11) is 0. The van der Waals surface area contributed by atoms with Crippen LogP contribution in [0.4, 0.5) is 4.39 Å². The molecule has 0 atom stereocenters. The molecule has 1 amide bonds. The number of benzene rings is 1. The first-order valence-electron chi connectivity index (χ1n) is 6.28. The lowest BCUT2D eigenvalue weighted by Crippen LogP contribution is -2.32. The summed E-state index contributed by atoms with van der Waals surface area (Å²) >= 11 is 1.15. The van der Waals surface area contributed by atoms with E-state index in [9.17, 15) is 9.18 Å². The van der Waals surface area contributed by atoms with E-state index in [0.29, 0.717) is 22.0 Å². The number of aliphatic hydroxyl groups excluding tert-OH is 1. The Kier molecular flexibility index (Phi) is 4.81. The maximum atomic E-state index is 13.7. The van der Waals surface area contributed by atoms with Crippen LogP contribution in [0.2, 0.25) is 0 Å². The summed E-state index contributed by atoms with van der Waals surface area (Å²) in [6.07, 6.45) is 1.45. The van der Waals surface area contributed by atoms with Crippen molar-refractivity contribution < 1.29 is 14.3 Å². The molecule has 2 aromatic rings. The van der Waals surface area contributed by atoms with Gasteiger partial charge in [-0.25, -0.2) is 9.37 Å². The Morgan fingerprint density at radius 2 is 2.20 bits per heavy atom. The smallest absolute Gasteiger partial charge is 0.265 e. The number of amides is 1. The van der Waals surface area contributed by atoms with Crippen LogP contribution in [0.3, 0.4) is 0 Å². The predicted molar refractivity (Wildman–Crippen MR) is 76.2 cm³/mol. The SMILES string of the molecule is CCN(CCO)C(=O)c1cnc(-c2ccccc2F)s1. The zero-order chi connectivity index (χ0) is 14.5. The minimum atomic E-state index is -0.358. The number of hydrogen-bond donors (Lipinski definition) is 1.